The lowest BCUT2D eigenvalue weighted by Crippen LogP contribution is -2.51. The van der Waals surface area contributed by atoms with E-state index in [1.165, 1.54) is 19.1 Å². The Labute approximate surface area is 159 Å². The maximum Gasteiger partial charge on any atom is 0.327 e. The second-order valence-corrected chi connectivity index (χ2v) is 8.92. The van der Waals surface area contributed by atoms with Crippen LogP contribution in [0.25, 0.3) is 0 Å². The number of hydrogen-bond acceptors (Lipinski definition) is 5. The summed E-state index contributed by atoms with van der Waals surface area (Å²) in [5.74, 6) is -0.753. The molecule has 1 aliphatic heterocycles. The molecular weight excluding hydrogens is 366 g/mol. The lowest BCUT2D eigenvalue weighted by atomic mass is 9.98. The number of carbonyl (C=O) groups is 1. The van der Waals surface area contributed by atoms with E-state index in [2.05, 4.69) is 0 Å². The van der Waals surface area contributed by atoms with Gasteiger partial charge in [0.2, 0.25) is 10.0 Å². The monoisotopic (exact) mass is 389 g/mol. The molecule has 0 saturated carbocycles. The minimum absolute atomic E-state index is 0.0185. The molecule has 2 atom stereocenters. The van der Waals surface area contributed by atoms with Gasteiger partial charge in [0, 0.05) is 6.54 Å². The van der Waals surface area contributed by atoms with E-state index in [1.807, 2.05) is 25.1 Å². The highest BCUT2D eigenvalue weighted by atomic mass is 32.2. The number of aryl methyl sites for hydroxylation is 1. The van der Waals surface area contributed by atoms with Gasteiger partial charge in [-0.05, 0) is 38.0 Å². The Hall–Kier alpha value is -2.22. The number of rotatable bonds is 5. The first-order valence-electron chi connectivity index (χ1n) is 8.73. The molecule has 6 nitrogen and oxygen atoms in total. The van der Waals surface area contributed by atoms with Gasteiger partial charge in [0.1, 0.15) is 6.61 Å². The van der Waals surface area contributed by atoms with Crippen molar-refractivity contribution in [1.29, 1.82) is 0 Å². The zero-order chi connectivity index (χ0) is 19.7. The third-order valence-electron chi connectivity index (χ3n) is 4.79. The molecule has 1 fully saturated rings. The molecule has 1 N–H and O–H groups in total. The zero-order valence-corrected chi connectivity index (χ0v) is 16.1. The largest absolute Gasteiger partial charge is 0.460 e. The van der Waals surface area contributed by atoms with Crippen molar-refractivity contribution in [2.45, 2.75) is 43.4 Å². The predicted octanol–water partition coefficient (Wildman–Crippen LogP) is 2.25. The molecule has 3 rings (SSSR count). The SMILES string of the molecule is Cc1ccc(S(=O)(=O)N2CC[C@@](C)(O)[C@H]2C(=O)OCc2ccccc2)cc1. The molecule has 2 aromatic carbocycles. The smallest absolute Gasteiger partial charge is 0.327 e. The average Bonchev–Trinajstić information content (AvgIpc) is 2.97. The van der Waals surface area contributed by atoms with Crippen LogP contribution >= 0.6 is 0 Å². The second kappa shape index (κ2) is 7.42. The van der Waals surface area contributed by atoms with Gasteiger partial charge in [-0.1, -0.05) is 48.0 Å². The van der Waals surface area contributed by atoms with Gasteiger partial charge >= 0.3 is 5.97 Å². The van der Waals surface area contributed by atoms with Gasteiger partial charge < -0.3 is 9.84 Å². The number of sulfonamides is 1. The van der Waals surface area contributed by atoms with E-state index in [-0.39, 0.29) is 24.5 Å². The van der Waals surface area contributed by atoms with Crippen LogP contribution in [-0.2, 0) is 26.2 Å². The maximum absolute atomic E-state index is 13.0. The Balaban J connectivity index is 1.84. The third-order valence-corrected chi connectivity index (χ3v) is 6.67. The Bertz CT molecular complexity index is 907. The van der Waals surface area contributed by atoms with Crippen molar-refractivity contribution in [2.24, 2.45) is 0 Å². The molecule has 1 heterocycles. The number of carbonyl (C=O) groups excluding carboxylic acids is 1. The van der Waals surface area contributed by atoms with Crippen LogP contribution in [0, 0.1) is 6.92 Å². The summed E-state index contributed by atoms with van der Waals surface area (Å²) in [4.78, 5) is 12.8. The van der Waals surface area contributed by atoms with E-state index in [0.29, 0.717) is 0 Å². The Morgan fingerprint density at radius 1 is 1.19 bits per heavy atom. The lowest BCUT2D eigenvalue weighted by molar-refractivity contribution is -0.154. The van der Waals surface area contributed by atoms with Crippen molar-refractivity contribution in [1.82, 2.24) is 4.31 Å². The Morgan fingerprint density at radius 3 is 2.44 bits per heavy atom. The second-order valence-electron chi connectivity index (χ2n) is 7.03. The van der Waals surface area contributed by atoms with Crippen LogP contribution in [0.4, 0.5) is 0 Å². The highest BCUT2D eigenvalue weighted by Crippen LogP contribution is 2.34. The van der Waals surface area contributed by atoms with E-state index in [0.717, 1.165) is 15.4 Å². The summed E-state index contributed by atoms with van der Waals surface area (Å²) in [5, 5.41) is 10.6. The van der Waals surface area contributed by atoms with Gasteiger partial charge in [0.25, 0.3) is 0 Å². The van der Waals surface area contributed by atoms with Crippen LogP contribution in [0.15, 0.2) is 59.5 Å². The third kappa shape index (κ3) is 4.05. The van der Waals surface area contributed by atoms with E-state index < -0.39 is 27.6 Å². The zero-order valence-electron chi connectivity index (χ0n) is 15.3. The van der Waals surface area contributed by atoms with Crippen LogP contribution in [0.5, 0.6) is 0 Å². The lowest BCUT2D eigenvalue weighted by Gasteiger charge is -2.29. The van der Waals surface area contributed by atoms with Gasteiger partial charge in [-0.3, -0.25) is 4.79 Å². The van der Waals surface area contributed by atoms with Crippen LogP contribution in [0.3, 0.4) is 0 Å². The van der Waals surface area contributed by atoms with Crippen LogP contribution in [0.2, 0.25) is 0 Å². The molecule has 2 aromatic rings. The van der Waals surface area contributed by atoms with Gasteiger partial charge in [-0.25, -0.2) is 8.42 Å². The van der Waals surface area contributed by atoms with Crippen LogP contribution in [-0.4, -0.2) is 42.0 Å². The topological polar surface area (TPSA) is 83.9 Å². The standard InChI is InChI=1S/C20H23NO5S/c1-15-8-10-17(11-9-15)27(24,25)21-13-12-20(2,23)18(21)19(22)26-14-16-6-4-3-5-7-16/h3-11,18,23H,12-14H2,1-2H3/t18-,20-/m1/s1. The molecule has 0 unspecified atom stereocenters. The van der Waals surface area contributed by atoms with E-state index in [4.69, 9.17) is 4.74 Å². The molecule has 27 heavy (non-hydrogen) atoms. The molecule has 1 aliphatic rings. The molecule has 0 spiro atoms. The highest BCUT2D eigenvalue weighted by molar-refractivity contribution is 7.89. The molecule has 0 bridgehead atoms. The van der Waals surface area contributed by atoms with Gasteiger partial charge in [0.05, 0.1) is 10.5 Å². The Morgan fingerprint density at radius 2 is 1.81 bits per heavy atom. The molecular formula is C20H23NO5S. The predicted molar refractivity (Wildman–Crippen MR) is 100 cm³/mol. The first-order chi connectivity index (χ1) is 12.7. The number of aliphatic hydroxyl groups is 1. The van der Waals surface area contributed by atoms with Gasteiger partial charge in [-0.15, -0.1) is 0 Å². The number of esters is 1. The van der Waals surface area contributed by atoms with Crippen molar-refractivity contribution >= 4 is 16.0 Å². The van der Waals surface area contributed by atoms with Crippen LogP contribution < -0.4 is 0 Å². The summed E-state index contributed by atoms with van der Waals surface area (Å²) in [6.07, 6.45) is 0.156. The molecule has 0 aliphatic carbocycles. The van der Waals surface area contributed by atoms with Gasteiger partial charge in [0.15, 0.2) is 6.04 Å². The number of nitrogens with zero attached hydrogens (tertiary/aromatic N) is 1. The molecule has 7 heteroatoms. The first-order valence-corrected chi connectivity index (χ1v) is 10.2. The first kappa shape index (κ1) is 19.5. The maximum atomic E-state index is 13.0. The summed E-state index contributed by atoms with van der Waals surface area (Å²) < 4.78 is 32.4. The summed E-state index contributed by atoms with van der Waals surface area (Å²) in [6, 6.07) is 14.2. The number of hydrogen-bond donors (Lipinski definition) is 1. The summed E-state index contributed by atoms with van der Waals surface area (Å²) in [6.45, 7) is 3.39. The van der Waals surface area contributed by atoms with E-state index in [1.54, 1.807) is 24.3 Å². The molecule has 0 amide bonds. The number of ether oxygens (including phenoxy) is 1. The summed E-state index contributed by atoms with van der Waals surface area (Å²) in [5.41, 5.74) is 0.226. The van der Waals surface area contributed by atoms with Crippen LogP contribution in [0.1, 0.15) is 24.5 Å². The highest BCUT2D eigenvalue weighted by Gasteiger charge is 2.52. The fraction of sp³-hybridized carbons (Fsp3) is 0.350. The van der Waals surface area contributed by atoms with Crippen molar-refractivity contribution in [2.75, 3.05) is 6.54 Å². The van der Waals surface area contributed by atoms with Gasteiger partial charge in [-0.2, -0.15) is 4.31 Å². The Kier molecular flexibility index (Phi) is 5.37. The molecule has 0 radical (unpaired) electrons. The normalized spacial score (nSPS) is 23.3. The van der Waals surface area contributed by atoms with Crippen molar-refractivity contribution < 1.29 is 23.1 Å². The molecule has 1 saturated heterocycles. The minimum Gasteiger partial charge on any atom is -0.460 e. The van der Waals surface area contributed by atoms with Crippen molar-refractivity contribution in [3.63, 3.8) is 0 Å². The van der Waals surface area contributed by atoms with E-state index >= 15 is 0 Å². The minimum atomic E-state index is -3.93. The van der Waals surface area contributed by atoms with Crippen molar-refractivity contribution in [3.05, 3.63) is 65.7 Å². The fourth-order valence-electron chi connectivity index (χ4n) is 3.20. The fourth-order valence-corrected chi connectivity index (χ4v) is 4.87. The summed E-state index contributed by atoms with van der Waals surface area (Å²) >= 11 is 0. The summed E-state index contributed by atoms with van der Waals surface area (Å²) in [7, 11) is -3.93. The van der Waals surface area contributed by atoms with Crippen molar-refractivity contribution in [3.8, 4) is 0 Å². The quantitative estimate of drug-likeness (QED) is 0.793. The molecule has 0 aromatic heterocycles. The number of benzene rings is 2. The average molecular weight is 389 g/mol. The van der Waals surface area contributed by atoms with E-state index in [9.17, 15) is 18.3 Å². The molecule has 144 valence electrons.